The predicted octanol–water partition coefficient (Wildman–Crippen LogP) is 9.95. The molecule has 0 N–H and O–H groups in total. The van der Waals surface area contributed by atoms with Gasteiger partial charge >= 0.3 is 0 Å². The van der Waals surface area contributed by atoms with E-state index in [1.54, 1.807) is 0 Å². The van der Waals surface area contributed by atoms with Gasteiger partial charge in [0, 0.05) is 17.1 Å². The van der Waals surface area contributed by atoms with Gasteiger partial charge in [-0.05, 0) is 76.3 Å². The molecule has 0 radical (unpaired) electrons. The van der Waals surface area contributed by atoms with Crippen molar-refractivity contribution < 1.29 is 0 Å². The van der Waals surface area contributed by atoms with Crippen molar-refractivity contribution in [2.24, 2.45) is 0 Å². The molecule has 172 valence electrons. The summed E-state index contributed by atoms with van der Waals surface area (Å²) < 4.78 is 0. The van der Waals surface area contributed by atoms with Gasteiger partial charge in [-0.15, -0.1) is 0 Å². The molecule has 0 amide bonds. The molecule has 36 heavy (non-hydrogen) atoms. The molecular weight excluding hydrogens is 434 g/mol. The molecule has 0 fully saturated rings. The lowest BCUT2D eigenvalue weighted by Crippen LogP contribution is -2.10. The van der Waals surface area contributed by atoms with Crippen LogP contribution in [0.15, 0.2) is 146 Å². The third-order valence-electron chi connectivity index (χ3n) is 6.71. The number of hydrogen-bond donors (Lipinski definition) is 0. The van der Waals surface area contributed by atoms with Crippen molar-refractivity contribution in [3.05, 3.63) is 151 Å². The molecule has 0 heterocycles. The number of hydrogen-bond acceptors (Lipinski definition) is 1. The van der Waals surface area contributed by atoms with Crippen molar-refractivity contribution in [1.29, 1.82) is 0 Å². The van der Waals surface area contributed by atoms with Crippen LogP contribution >= 0.6 is 0 Å². The number of aryl methyl sites for hydroxylation is 1. The lowest BCUT2D eigenvalue weighted by molar-refractivity contribution is 1.29. The van der Waals surface area contributed by atoms with E-state index in [4.69, 9.17) is 0 Å². The fourth-order valence-corrected chi connectivity index (χ4v) is 4.77. The zero-order valence-corrected chi connectivity index (χ0v) is 20.3. The number of rotatable bonds is 5. The minimum atomic E-state index is 1.13. The molecule has 1 heteroatoms. The quantitative estimate of drug-likeness (QED) is 0.247. The Kier molecular flexibility index (Phi) is 5.81. The number of benzene rings is 6. The smallest absolute Gasteiger partial charge is 0.0468 e. The molecule has 0 spiro atoms. The van der Waals surface area contributed by atoms with Gasteiger partial charge in [-0.1, -0.05) is 115 Å². The maximum atomic E-state index is 2.35. The molecule has 6 rings (SSSR count). The number of anilines is 3. The summed E-state index contributed by atoms with van der Waals surface area (Å²) in [6.07, 6.45) is 0. The Labute approximate surface area is 212 Å². The van der Waals surface area contributed by atoms with E-state index >= 15 is 0 Å². The molecule has 0 unspecified atom stereocenters. The molecule has 6 aromatic carbocycles. The van der Waals surface area contributed by atoms with E-state index in [9.17, 15) is 0 Å². The lowest BCUT2D eigenvalue weighted by Gasteiger charge is -2.26. The lowest BCUT2D eigenvalue weighted by atomic mass is 10.0. The van der Waals surface area contributed by atoms with Gasteiger partial charge < -0.3 is 4.90 Å². The largest absolute Gasteiger partial charge is 0.310 e. The standard InChI is InChI=1S/C35H27N/c1-26-14-16-29(17-15-26)30-18-21-33(22-19-30)36(35-23-20-28-10-5-6-11-31(28)25-35)34-13-7-12-32(24-34)27-8-3-2-4-9-27/h2-25H,1H3. The highest BCUT2D eigenvalue weighted by Gasteiger charge is 2.14. The predicted molar refractivity (Wildman–Crippen MR) is 154 cm³/mol. The van der Waals surface area contributed by atoms with E-state index < -0.39 is 0 Å². The van der Waals surface area contributed by atoms with E-state index in [1.807, 2.05) is 0 Å². The van der Waals surface area contributed by atoms with Gasteiger partial charge in [0.15, 0.2) is 0 Å². The summed E-state index contributed by atoms with van der Waals surface area (Å²) in [5.41, 5.74) is 9.55. The van der Waals surface area contributed by atoms with Crippen molar-refractivity contribution in [2.75, 3.05) is 4.90 Å². The fourth-order valence-electron chi connectivity index (χ4n) is 4.77. The summed E-state index contributed by atoms with van der Waals surface area (Å²) in [5, 5.41) is 2.48. The normalized spacial score (nSPS) is 10.9. The monoisotopic (exact) mass is 461 g/mol. The van der Waals surface area contributed by atoms with Crippen LogP contribution in [0.3, 0.4) is 0 Å². The molecule has 0 aromatic heterocycles. The van der Waals surface area contributed by atoms with Crippen LogP contribution in [0.1, 0.15) is 5.56 Å². The van der Waals surface area contributed by atoms with Gasteiger partial charge in [0.2, 0.25) is 0 Å². The number of nitrogens with zero attached hydrogens (tertiary/aromatic N) is 1. The van der Waals surface area contributed by atoms with Gasteiger partial charge in [-0.3, -0.25) is 0 Å². The van der Waals surface area contributed by atoms with E-state index in [0.717, 1.165) is 17.1 Å². The van der Waals surface area contributed by atoms with Crippen molar-refractivity contribution in [3.63, 3.8) is 0 Å². The molecule has 1 nitrogen and oxygen atoms in total. The van der Waals surface area contributed by atoms with Crippen molar-refractivity contribution in [3.8, 4) is 22.3 Å². The Bertz CT molecular complexity index is 1610. The highest BCUT2D eigenvalue weighted by molar-refractivity contribution is 5.90. The van der Waals surface area contributed by atoms with Crippen molar-refractivity contribution in [1.82, 2.24) is 0 Å². The van der Waals surface area contributed by atoms with Gasteiger partial charge in [-0.2, -0.15) is 0 Å². The van der Waals surface area contributed by atoms with Gasteiger partial charge in [0.05, 0.1) is 0 Å². The summed E-state index contributed by atoms with van der Waals surface area (Å²) in [7, 11) is 0. The summed E-state index contributed by atoms with van der Waals surface area (Å²) in [6.45, 7) is 2.12. The maximum absolute atomic E-state index is 2.35. The van der Waals surface area contributed by atoms with Crippen LogP contribution in [0.5, 0.6) is 0 Å². The van der Waals surface area contributed by atoms with Crippen LogP contribution in [0.2, 0.25) is 0 Å². The Morgan fingerprint density at radius 1 is 0.361 bits per heavy atom. The van der Waals surface area contributed by atoms with Crippen molar-refractivity contribution >= 4 is 27.8 Å². The summed E-state index contributed by atoms with van der Waals surface area (Å²) in [5.74, 6) is 0. The Morgan fingerprint density at radius 2 is 0.917 bits per heavy atom. The molecule has 0 atom stereocenters. The Morgan fingerprint density at radius 3 is 1.67 bits per heavy atom. The minimum Gasteiger partial charge on any atom is -0.310 e. The maximum Gasteiger partial charge on any atom is 0.0468 e. The molecule has 0 saturated heterocycles. The minimum absolute atomic E-state index is 1.13. The van der Waals surface area contributed by atoms with Gasteiger partial charge in [-0.25, -0.2) is 0 Å². The molecule has 0 bridgehead atoms. The fraction of sp³-hybridized carbons (Fsp3) is 0.0286. The first-order valence-electron chi connectivity index (χ1n) is 12.4. The van der Waals surface area contributed by atoms with E-state index in [0.29, 0.717) is 0 Å². The number of fused-ring (bicyclic) bond motifs is 1. The van der Waals surface area contributed by atoms with Crippen LogP contribution < -0.4 is 4.90 Å². The molecule has 0 saturated carbocycles. The van der Waals surface area contributed by atoms with Gasteiger partial charge in [0.1, 0.15) is 0 Å². The second-order valence-electron chi connectivity index (χ2n) is 9.20. The molecular formula is C35H27N. The Hall–Kier alpha value is -4.62. The van der Waals surface area contributed by atoms with E-state index in [-0.39, 0.29) is 0 Å². The first kappa shape index (κ1) is 21.9. The second kappa shape index (κ2) is 9.56. The topological polar surface area (TPSA) is 3.24 Å². The first-order valence-corrected chi connectivity index (χ1v) is 12.4. The van der Waals surface area contributed by atoms with Crippen LogP contribution in [-0.2, 0) is 0 Å². The van der Waals surface area contributed by atoms with E-state index in [1.165, 1.54) is 38.6 Å². The van der Waals surface area contributed by atoms with E-state index in [2.05, 4.69) is 157 Å². The zero-order chi connectivity index (χ0) is 24.3. The zero-order valence-electron chi connectivity index (χ0n) is 20.3. The van der Waals surface area contributed by atoms with Crippen molar-refractivity contribution in [2.45, 2.75) is 6.92 Å². The van der Waals surface area contributed by atoms with Crippen LogP contribution in [0.4, 0.5) is 17.1 Å². The third-order valence-corrected chi connectivity index (χ3v) is 6.71. The highest BCUT2D eigenvalue weighted by Crippen LogP contribution is 2.38. The average molecular weight is 462 g/mol. The van der Waals surface area contributed by atoms with Crippen LogP contribution in [-0.4, -0.2) is 0 Å². The summed E-state index contributed by atoms with van der Waals surface area (Å²) in [4.78, 5) is 2.35. The van der Waals surface area contributed by atoms with Gasteiger partial charge in [0.25, 0.3) is 0 Å². The SMILES string of the molecule is Cc1ccc(-c2ccc(N(c3cccc(-c4ccccc4)c3)c3ccc4ccccc4c3)cc2)cc1. The molecule has 0 aliphatic heterocycles. The Balaban J connectivity index is 1.47. The third kappa shape index (κ3) is 4.39. The summed E-state index contributed by atoms with van der Waals surface area (Å²) >= 11 is 0. The highest BCUT2D eigenvalue weighted by atomic mass is 15.1. The summed E-state index contributed by atoms with van der Waals surface area (Å²) in [6, 6.07) is 52.2. The van der Waals surface area contributed by atoms with Crippen LogP contribution in [0.25, 0.3) is 33.0 Å². The average Bonchev–Trinajstić information content (AvgIpc) is 2.95. The molecule has 6 aromatic rings. The molecule has 0 aliphatic carbocycles. The first-order chi connectivity index (χ1) is 17.7. The second-order valence-corrected chi connectivity index (χ2v) is 9.20. The van der Waals surface area contributed by atoms with Crippen LogP contribution in [0, 0.1) is 6.92 Å². The molecule has 0 aliphatic rings.